The minimum atomic E-state index is -4.53. The lowest BCUT2D eigenvalue weighted by molar-refractivity contribution is -0.140. The Morgan fingerprint density at radius 3 is 2.62 bits per heavy atom. The van der Waals surface area contributed by atoms with E-state index in [0.717, 1.165) is 18.4 Å². The van der Waals surface area contributed by atoms with Crippen molar-refractivity contribution in [3.8, 4) is 5.75 Å². The molecule has 0 spiro atoms. The van der Waals surface area contributed by atoms with Gasteiger partial charge in [-0.1, -0.05) is 18.2 Å². The van der Waals surface area contributed by atoms with Crippen LogP contribution in [0, 0.1) is 5.82 Å². The van der Waals surface area contributed by atoms with Gasteiger partial charge in [0.15, 0.2) is 0 Å². The molecule has 3 rings (SSSR count). The summed E-state index contributed by atoms with van der Waals surface area (Å²) in [5.74, 6) is -1.08. The number of ether oxygens (including phenoxy) is 1. The molecular formula is C24H27F4NO3. The van der Waals surface area contributed by atoms with Crippen LogP contribution in [-0.2, 0) is 17.4 Å². The third-order valence-corrected chi connectivity index (χ3v) is 6.10. The molecule has 0 aliphatic heterocycles. The summed E-state index contributed by atoms with van der Waals surface area (Å²) in [5, 5.41) is 12.3. The lowest BCUT2D eigenvalue weighted by Crippen LogP contribution is -2.29. The van der Waals surface area contributed by atoms with Crippen LogP contribution in [0.4, 0.5) is 17.6 Å². The van der Waals surface area contributed by atoms with Crippen molar-refractivity contribution in [1.82, 2.24) is 5.32 Å². The topological polar surface area (TPSA) is 58.6 Å². The molecule has 2 N–H and O–H groups in total. The Balaban J connectivity index is 1.71. The minimum Gasteiger partial charge on any atom is -0.496 e. The summed E-state index contributed by atoms with van der Waals surface area (Å²) in [5.41, 5.74) is 0.692. The van der Waals surface area contributed by atoms with Crippen molar-refractivity contribution >= 4 is 5.97 Å². The van der Waals surface area contributed by atoms with E-state index in [4.69, 9.17) is 9.84 Å². The average Bonchev–Trinajstić information content (AvgIpc) is 3.19. The van der Waals surface area contributed by atoms with Crippen molar-refractivity contribution in [3.63, 3.8) is 0 Å². The number of hydrogen-bond acceptors (Lipinski definition) is 3. The number of carboxylic acids is 1. The van der Waals surface area contributed by atoms with Crippen LogP contribution in [0.3, 0.4) is 0 Å². The molecule has 2 aromatic carbocycles. The van der Waals surface area contributed by atoms with E-state index in [9.17, 15) is 22.4 Å². The quantitative estimate of drug-likeness (QED) is 0.492. The van der Waals surface area contributed by atoms with Crippen molar-refractivity contribution in [2.75, 3.05) is 7.11 Å². The maximum absolute atomic E-state index is 13.6. The van der Waals surface area contributed by atoms with E-state index in [1.807, 2.05) is 6.92 Å². The Morgan fingerprint density at radius 2 is 1.97 bits per heavy atom. The number of carboxylic acid groups (broad SMARTS) is 1. The summed E-state index contributed by atoms with van der Waals surface area (Å²) in [6, 6.07) is 8.64. The number of aryl methyl sites for hydroxylation is 1. The molecule has 1 aliphatic carbocycles. The minimum absolute atomic E-state index is 0.00773. The highest BCUT2D eigenvalue weighted by Gasteiger charge is 2.35. The molecule has 0 saturated heterocycles. The average molecular weight is 453 g/mol. The lowest BCUT2D eigenvalue weighted by Gasteiger charge is -2.22. The number of alkyl halides is 3. The van der Waals surface area contributed by atoms with E-state index >= 15 is 0 Å². The molecule has 32 heavy (non-hydrogen) atoms. The van der Waals surface area contributed by atoms with E-state index in [2.05, 4.69) is 5.32 Å². The van der Waals surface area contributed by atoms with E-state index in [0.29, 0.717) is 17.7 Å². The van der Waals surface area contributed by atoms with Gasteiger partial charge >= 0.3 is 12.1 Å². The Bertz CT molecular complexity index is 961. The smallest absolute Gasteiger partial charge is 0.416 e. The Morgan fingerprint density at radius 1 is 1.22 bits per heavy atom. The first kappa shape index (κ1) is 24.0. The van der Waals surface area contributed by atoms with Crippen LogP contribution in [-0.4, -0.2) is 24.2 Å². The first-order valence-electron chi connectivity index (χ1n) is 10.6. The summed E-state index contributed by atoms with van der Waals surface area (Å²) in [7, 11) is 1.48. The largest absolute Gasteiger partial charge is 0.496 e. The third-order valence-electron chi connectivity index (χ3n) is 6.10. The first-order valence-corrected chi connectivity index (χ1v) is 10.6. The summed E-state index contributed by atoms with van der Waals surface area (Å²) in [6.07, 6.45) is -2.80. The lowest BCUT2D eigenvalue weighted by atomic mass is 9.92. The standard InChI is InChI=1S/C24H27F4NO3/c1-14(20-9-7-18(25)13-22(20)32-2)29-19-8-5-16(11-19)17-4-3-15(6-10-23(30)31)21(12-17)24(26,27)28/h3-4,7,9,12-14,16,19,29H,5-6,8,10-11H2,1-2H3,(H,30,31)/t14-,16+,19+/m1/s1. The van der Waals surface area contributed by atoms with Crippen LogP contribution in [0.25, 0.3) is 0 Å². The zero-order chi connectivity index (χ0) is 23.5. The van der Waals surface area contributed by atoms with Gasteiger partial charge in [0, 0.05) is 30.1 Å². The normalized spacial score (nSPS) is 19.7. The summed E-state index contributed by atoms with van der Waals surface area (Å²) in [6.45, 7) is 1.95. The molecule has 2 aromatic rings. The molecule has 0 amide bonds. The van der Waals surface area contributed by atoms with E-state index < -0.39 is 17.7 Å². The van der Waals surface area contributed by atoms with Crippen molar-refractivity contribution < 1.29 is 32.2 Å². The van der Waals surface area contributed by atoms with Gasteiger partial charge in [0.1, 0.15) is 11.6 Å². The van der Waals surface area contributed by atoms with Crippen LogP contribution < -0.4 is 10.1 Å². The third kappa shape index (κ3) is 5.79. The van der Waals surface area contributed by atoms with Crippen molar-refractivity contribution in [3.05, 3.63) is 64.5 Å². The number of methoxy groups -OCH3 is 1. The number of carbonyl (C=O) groups is 1. The van der Waals surface area contributed by atoms with Crippen LogP contribution in [0.15, 0.2) is 36.4 Å². The molecule has 1 aliphatic rings. The molecule has 174 valence electrons. The molecule has 0 bridgehead atoms. The second-order valence-corrected chi connectivity index (χ2v) is 8.29. The molecule has 0 radical (unpaired) electrons. The predicted molar refractivity (Wildman–Crippen MR) is 112 cm³/mol. The fourth-order valence-corrected chi connectivity index (χ4v) is 4.49. The number of rotatable bonds is 8. The molecule has 3 atom stereocenters. The zero-order valence-electron chi connectivity index (χ0n) is 18.0. The van der Waals surface area contributed by atoms with Gasteiger partial charge in [-0.25, -0.2) is 4.39 Å². The summed E-state index contributed by atoms with van der Waals surface area (Å²) < 4.78 is 59.5. The zero-order valence-corrected chi connectivity index (χ0v) is 18.0. The summed E-state index contributed by atoms with van der Waals surface area (Å²) in [4.78, 5) is 10.8. The predicted octanol–water partition coefficient (Wildman–Crippen LogP) is 5.86. The molecule has 0 unspecified atom stereocenters. The second-order valence-electron chi connectivity index (χ2n) is 8.29. The highest BCUT2D eigenvalue weighted by Crippen LogP contribution is 2.40. The van der Waals surface area contributed by atoms with Gasteiger partial charge in [-0.15, -0.1) is 0 Å². The van der Waals surface area contributed by atoms with Gasteiger partial charge in [-0.3, -0.25) is 4.79 Å². The number of hydrogen-bond donors (Lipinski definition) is 2. The Labute approximate surface area is 184 Å². The number of aliphatic carboxylic acids is 1. The van der Waals surface area contributed by atoms with Crippen molar-refractivity contribution in [1.29, 1.82) is 0 Å². The van der Waals surface area contributed by atoms with Crippen molar-refractivity contribution in [2.45, 2.75) is 63.2 Å². The fraction of sp³-hybridized carbons (Fsp3) is 0.458. The van der Waals surface area contributed by atoms with Crippen LogP contribution in [0.1, 0.15) is 66.8 Å². The number of benzene rings is 2. The van der Waals surface area contributed by atoms with E-state index in [1.54, 1.807) is 12.1 Å². The molecule has 4 nitrogen and oxygen atoms in total. The molecule has 0 aromatic heterocycles. The maximum atomic E-state index is 13.6. The Hall–Kier alpha value is -2.61. The summed E-state index contributed by atoms with van der Waals surface area (Å²) >= 11 is 0. The van der Waals surface area contributed by atoms with Gasteiger partial charge in [0.2, 0.25) is 0 Å². The SMILES string of the molecule is COc1cc(F)ccc1[C@@H](C)N[C@H]1CC[C@H](c2ccc(CCC(=O)O)c(C(F)(F)F)c2)C1. The highest BCUT2D eigenvalue weighted by atomic mass is 19.4. The monoisotopic (exact) mass is 453 g/mol. The van der Waals surface area contributed by atoms with Gasteiger partial charge in [0.05, 0.1) is 12.7 Å². The van der Waals surface area contributed by atoms with Gasteiger partial charge < -0.3 is 15.2 Å². The maximum Gasteiger partial charge on any atom is 0.416 e. The number of halogens is 4. The molecule has 1 saturated carbocycles. The Kier molecular flexibility index (Phi) is 7.44. The fourth-order valence-electron chi connectivity index (χ4n) is 4.49. The van der Waals surface area contributed by atoms with E-state index in [1.165, 1.54) is 31.4 Å². The number of nitrogens with one attached hydrogen (secondary N) is 1. The van der Waals surface area contributed by atoms with Crippen LogP contribution >= 0.6 is 0 Å². The van der Waals surface area contributed by atoms with Gasteiger partial charge in [-0.05, 0) is 61.8 Å². The van der Waals surface area contributed by atoms with Crippen LogP contribution in [0.5, 0.6) is 5.75 Å². The van der Waals surface area contributed by atoms with E-state index in [-0.39, 0.29) is 42.2 Å². The molecular weight excluding hydrogens is 426 g/mol. The van der Waals surface area contributed by atoms with Crippen molar-refractivity contribution in [2.24, 2.45) is 0 Å². The molecule has 8 heteroatoms. The molecule has 0 heterocycles. The molecule has 1 fully saturated rings. The second kappa shape index (κ2) is 9.90. The van der Waals surface area contributed by atoms with Gasteiger partial charge in [0.25, 0.3) is 0 Å². The first-order chi connectivity index (χ1) is 15.1. The van der Waals surface area contributed by atoms with Gasteiger partial charge in [-0.2, -0.15) is 13.2 Å². The van der Waals surface area contributed by atoms with Crippen LogP contribution in [0.2, 0.25) is 0 Å². The highest BCUT2D eigenvalue weighted by molar-refractivity contribution is 5.67.